The van der Waals surface area contributed by atoms with Crippen molar-refractivity contribution in [3.63, 3.8) is 0 Å². The van der Waals surface area contributed by atoms with Crippen molar-refractivity contribution in [3.8, 4) is 0 Å². The Morgan fingerprint density at radius 2 is 1.79 bits per heavy atom. The van der Waals surface area contributed by atoms with Crippen molar-refractivity contribution >= 4 is 8.32 Å². The van der Waals surface area contributed by atoms with Gasteiger partial charge in [0.2, 0.25) is 0 Å². The average Bonchev–Trinajstić information content (AvgIpc) is 2.76. The number of rotatable bonds is 7. The van der Waals surface area contributed by atoms with Crippen molar-refractivity contribution in [2.75, 3.05) is 33.3 Å². The lowest BCUT2D eigenvalue weighted by Gasteiger charge is -2.40. The van der Waals surface area contributed by atoms with Crippen molar-refractivity contribution in [2.24, 2.45) is 0 Å². The van der Waals surface area contributed by atoms with Crippen LogP contribution >= 0.6 is 0 Å². The summed E-state index contributed by atoms with van der Waals surface area (Å²) < 4.78 is 6.52. The molecule has 0 saturated carbocycles. The summed E-state index contributed by atoms with van der Waals surface area (Å²) >= 11 is 0. The van der Waals surface area contributed by atoms with Gasteiger partial charge in [-0.1, -0.05) is 20.8 Å². The van der Waals surface area contributed by atoms with Crippen LogP contribution in [0.5, 0.6) is 0 Å². The van der Waals surface area contributed by atoms with Gasteiger partial charge in [-0.05, 0) is 44.1 Å². The smallest absolute Gasteiger partial charge is 0.192 e. The number of hydrogen-bond acceptors (Lipinski definition) is 4. The summed E-state index contributed by atoms with van der Waals surface area (Å²) in [6.07, 6.45) is 2.87. The van der Waals surface area contributed by atoms with Gasteiger partial charge in [-0.3, -0.25) is 0 Å². The Bertz CT molecular complexity index is 261. The lowest BCUT2D eigenvalue weighted by molar-refractivity contribution is 0.0429. The highest BCUT2D eigenvalue weighted by atomic mass is 28.4. The zero-order valence-corrected chi connectivity index (χ0v) is 14.6. The van der Waals surface area contributed by atoms with Crippen LogP contribution in [0.2, 0.25) is 18.1 Å². The maximum absolute atomic E-state index is 6.52. The van der Waals surface area contributed by atoms with Gasteiger partial charge < -0.3 is 14.2 Å². The topological polar surface area (TPSA) is 33.7 Å². The van der Waals surface area contributed by atoms with E-state index >= 15 is 0 Å². The van der Waals surface area contributed by atoms with Gasteiger partial charge in [0.15, 0.2) is 8.32 Å². The lowest BCUT2D eigenvalue weighted by atomic mass is 10.2. The monoisotopic (exact) mass is 288 g/mol. The number of hydroxylamine groups is 1. The molecule has 1 atom stereocenters. The fourth-order valence-electron chi connectivity index (χ4n) is 2.17. The van der Waals surface area contributed by atoms with Crippen LogP contribution in [0.4, 0.5) is 0 Å². The van der Waals surface area contributed by atoms with Gasteiger partial charge >= 0.3 is 0 Å². The molecule has 0 radical (unpaired) electrons. The Labute approximate surface area is 119 Å². The van der Waals surface area contributed by atoms with Crippen LogP contribution in [-0.2, 0) is 9.26 Å². The molecule has 0 aliphatic carbocycles. The molecule has 1 aliphatic heterocycles. The number of nitrogens with zero attached hydrogens (tertiary/aromatic N) is 1. The zero-order chi connectivity index (χ0) is 14.5. The molecule has 0 amide bonds. The molecule has 0 bridgehead atoms. The van der Waals surface area contributed by atoms with E-state index in [0.29, 0.717) is 0 Å². The standard InChI is InChI=1S/C14H32N2O2Si/c1-14(2,3)19(5,6)18-13(11-15-17-4)12-16-9-7-8-10-16/h13,15H,7-12H2,1-6H3. The number of hydrogen-bond donors (Lipinski definition) is 1. The first-order chi connectivity index (χ1) is 8.76. The molecule has 0 aromatic heterocycles. The molecule has 1 aliphatic rings. The molecule has 1 saturated heterocycles. The summed E-state index contributed by atoms with van der Waals surface area (Å²) in [4.78, 5) is 7.51. The van der Waals surface area contributed by atoms with Crippen molar-refractivity contribution in [1.29, 1.82) is 0 Å². The summed E-state index contributed by atoms with van der Waals surface area (Å²) in [5, 5.41) is 0.253. The van der Waals surface area contributed by atoms with Crippen LogP contribution in [-0.4, -0.2) is 52.6 Å². The highest BCUT2D eigenvalue weighted by molar-refractivity contribution is 6.74. The Kier molecular flexibility index (Phi) is 6.46. The van der Waals surface area contributed by atoms with Crippen LogP contribution < -0.4 is 5.48 Å². The minimum Gasteiger partial charge on any atom is -0.411 e. The van der Waals surface area contributed by atoms with Crippen LogP contribution in [0.1, 0.15) is 33.6 Å². The van der Waals surface area contributed by atoms with Crippen molar-refractivity contribution in [1.82, 2.24) is 10.4 Å². The largest absolute Gasteiger partial charge is 0.411 e. The second-order valence-corrected chi connectivity index (χ2v) is 11.8. The van der Waals surface area contributed by atoms with E-state index < -0.39 is 8.32 Å². The predicted octanol–water partition coefficient (Wildman–Crippen LogP) is 2.62. The zero-order valence-electron chi connectivity index (χ0n) is 13.6. The van der Waals surface area contributed by atoms with E-state index in [2.05, 4.69) is 44.2 Å². The van der Waals surface area contributed by atoms with Gasteiger partial charge in [0.1, 0.15) is 0 Å². The molecule has 0 aromatic carbocycles. The van der Waals surface area contributed by atoms with Crippen LogP contribution in [0.15, 0.2) is 0 Å². The summed E-state index contributed by atoms with van der Waals surface area (Å²) in [6.45, 7) is 15.7. The fourth-order valence-corrected chi connectivity index (χ4v) is 3.51. The minimum absolute atomic E-state index is 0.221. The molecule has 1 rings (SSSR count). The molecule has 1 fully saturated rings. The lowest BCUT2D eigenvalue weighted by Crippen LogP contribution is -2.49. The van der Waals surface area contributed by atoms with E-state index in [1.165, 1.54) is 25.9 Å². The Balaban J connectivity index is 2.57. The van der Waals surface area contributed by atoms with Crippen LogP contribution in [0, 0.1) is 0 Å². The van der Waals surface area contributed by atoms with E-state index in [0.717, 1.165) is 13.1 Å². The molecule has 0 aromatic rings. The number of likely N-dealkylation sites (tertiary alicyclic amines) is 1. The van der Waals surface area contributed by atoms with Crippen molar-refractivity contribution in [3.05, 3.63) is 0 Å². The molecule has 1 unspecified atom stereocenters. The quantitative estimate of drug-likeness (QED) is 0.577. The third kappa shape index (κ3) is 5.51. The third-order valence-electron chi connectivity index (χ3n) is 4.38. The van der Waals surface area contributed by atoms with Gasteiger partial charge in [-0.2, -0.15) is 0 Å². The molecule has 0 spiro atoms. The second kappa shape index (κ2) is 7.18. The van der Waals surface area contributed by atoms with Gasteiger partial charge in [0.05, 0.1) is 13.2 Å². The maximum Gasteiger partial charge on any atom is 0.192 e. The Morgan fingerprint density at radius 3 is 2.26 bits per heavy atom. The van der Waals surface area contributed by atoms with E-state index in [-0.39, 0.29) is 11.1 Å². The Morgan fingerprint density at radius 1 is 1.21 bits per heavy atom. The normalized spacial score (nSPS) is 19.9. The van der Waals surface area contributed by atoms with Gasteiger partial charge in [0, 0.05) is 13.1 Å². The highest BCUT2D eigenvalue weighted by Crippen LogP contribution is 2.37. The van der Waals surface area contributed by atoms with Crippen molar-refractivity contribution < 1.29 is 9.26 Å². The summed E-state index contributed by atoms with van der Waals surface area (Å²) in [5.74, 6) is 0. The predicted molar refractivity (Wildman–Crippen MR) is 82.8 cm³/mol. The summed E-state index contributed by atoms with van der Waals surface area (Å²) in [7, 11) is -0.0462. The highest BCUT2D eigenvalue weighted by Gasteiger charge is 2.39. The molecule has 19 heavy (non-hydrogen) atoms. The van der Waals surface area contributed by atoms with Gasteiger partial charge in [-0.15, -0.1) is 0 Å². The summed E-state index contributed by atoms with van der Waals surface area (Å²) in [6, 6.07) is 0. The van der Waals surface area contributed by atoms with Crippen LogP contribution in [0.25, 0.3) is 0 Å². The Hall–Kier alpha value is 0.0569. The molecular formula is C14H32N2O2Si. The molecule has 1 heterocycles. The van der Waals surface area contributed by atoms with E-state index in [9.17, 15) is 0 Å². The van der Waals surface area contributed by atoms with E-state index in [4.69, 9.17) is 9.26 Å². The van der Waals surface area contributed by atoms with Gasteiger partial charge in [0.25, 0.3) is 0 Å². The molecule has 114 valence electrons. The molecule has 4 nitrogen and oxygen atoms in total. The number of nitrogens with one attached hydrogen (secondary N) is 1. The maximum atomic E-state index is 6.52. The minimum atomic E-state index is -1.71. The molecular weight excluding hydrogens is 256 g/mol. The second-order valence-electron chi connectivity index (χ2n) is 7.06. The fraction of sp³-hybridized carbons (Fsp3) is 1.00. The van der Waals surface area contributed by atoms with Crippen molar-refractivity contribution in [2.45, 2.75) is 57.8 Å². The molecule has 1 N–H and O–H groups in total. The van der Waals surface area contributed by atoms with E-state index in [1.54, 1.807) is 7.11 Å². The average molecular weight is 289 g/mol. The first-order valence-corrected chi connectivity index (χ1v) is 10.3. The third-order valence-corrected chi connectivity index (χ3v) is 8.92. The summed E-state index contributed by atoms with van der Waals surface area (Å²) in [5.41, 5.74) is 2.97. The van der Waals surface area contributed by atoms with Gasteiger partial charge in [-0.25, -0.2) is 5.48 Å². The SMILES string of the molecule is CONCC(CN1CCCC1)O[Si](C)(C)C(C)(C)C. The first-order valence-electron chi connectivity index (χ1n) is 7.42. The van der Waals surface area contributed by atoms with Crippen LogP contribution in [0.3, 0.4) is 0 Å². The van der Waals surface area contributed by atoms with E-state index in [1.807, 2.05) is 0 Å². The molecule has 5 heteroatoms. The first kappa shape index (κ1) is 17.1.